The SMILES string of the molecule is Cc1cc2ncn(Cc3noc(C4CCCO4)n3)c2cc1C. The quantitative estimate of drug-likeness (QED) is 0.743. The molecular weight excluding hydrogens is 280 g/mol. The van der Waals surface area contributed by atoms with Gasteiger partial charge in [0.1, 0.15) is 6.10 Å². The van der Waals surface area contributed by atoms with Crippen molar-refractivity contribution in [1.82, 2.24) is 19.7 Å². The Bertz CT molecular complexity index is 815. The Morgan fingerprint density at radius 1 is 1.27 bits per heavy atom. The number of fused-ring (bicyclic) bond motifs is 1. The molecule has 0 amide bonds. The average molecular weight is 298 g/mol. The fourth-order valence-electron chi connectivity index (χ4n) is 2.83. The molecule has 1 fully saturated rings. The molecule has 6 nitrogen and oxygen atoms in total. The van der Waals surface area contributed by atoms with Gasteiger partial charge >= 0.3 is 0 Å². The molecule has 1 unspecified atom stereocenters. The van der Waals surface area contributed by atoms with E-state index in [0.29, 0.717) is 18.3 Å². The van der Waals surface area contributed by atoms with E-state index >= 15 is 0 Å². The average Bonchev–Trinajstić information content (AvgIpc) is 3.22. The van der Waals surface area contributed by atoms with Gasteiger partial charge in [-0.25, -0.2) is 4.98 Å². The molecule has 4 rings (SSSR count). The van der Waals surface area contributed by atoms with Crippen molar-refractivity contribution in [2.75, 3.05) is 6.61 Å². The van der Waals surface area contributed by atoms with Gasteiger partial charge in [0.15, 0.2) is 5.82 Å². The molecule has 2 aromatic heterocycles. The van der Waals surface area contributed by atoms with E-state index in [1.807, 2.05) is 10.9 Å². The number of hydrogen-bond donors (Lipinski definition) is 0. The largest absolute Gasteiger partial charge is 0.368 e. The Kier molecular flexibility index (Phi) is 3.18. The van der Waals surface area contributed by atoms with Crippen LogP contribution in [-0.2, 0) is 11.3 Å². The van der Waals surface area contributed by atoms with Crippen LogP contribution in [0.25, 0.3) is 11.0 Å². The van der Waals surface area contributed by atoms with Crippen LogP contribution < -0.4 is 0 Å². The highest BCUT2D eigenvalue weighted by atomic mass is 16.5. The maximum absolute atomic E-state index is 5.57. The van der Waals surface area contributed by atoms with Crippen molar-refractivity contribution in [2.45, 2.75) is 39.3 Å². The summed E-state index contributed by atoms with van der Waals surface area (Å²) in [5.74, 6) is 1.24. The Balaban J connectivity index is 1.62. The van der Waals surface area contributed by atoms with E-state index in [9.17, 15) is 0 Å². The van der Waals surface area contributed by atoms with Crippen molar-refractivity contribution in [3.8, 4) is 0 Å². The molecule has 1 aliphatic heterocycles. The van der Waals surface area contributed by atoms with Gasteiger partial charge in [-0.05, 0) is 49.9 Å². The zero-order valence-electron chi connectivity index (χ0n) is 12.7. The maximum atomic E-state index is 5.57. The molecule has 0 saturated carbocycles. The predicted octanol–water partition coefficient (Wildman–Crippen LogP) is 2.94. The third-order valence-electron chi connectivity index (χ3n) is 4.24. The molecule has 114 valence electrons. The van der Waals surface area contributed by atoms with Crippen molar-refractivity contribution >= 4 is 11.0 Å². The summed E-state index contributed by atoms with van der Waals surface area (Å²) in [4.78, 5) is 8.92. The molecule has 0 N–H and O–H groups in total. The van der Waals surface area contributed by atoms with E-state index in [-0.39, 0.29) is 6.10 Å². The van der Waals surface area contributed by atoms with E-state index in [4.69, 9.17) is 9.26 Å². The summed E-state index contributed by atoms with van der Waals surface area (Å²) in [6.45, 7) is 5.53. The summed E-state index contributed by atoms with van der Waals surface area (Å²) < 4.78 is 13.0. The van der Waals surface area contributed by atoms with Crippen LogP contribution in [0.1, 0.15) is 41.8 Å². The lowest BCUT2D eigenvalue weighted by Gasteiger charge is -2.03. The molecule has 0 radical (unpaired) electrons. The highest BCUT2D eigenvalue weighted by molar-refractivity contribution is 5.77. The van der Waals surface area contributed by atoms with Gasteiger partial charge in [0.2, 0.25) is 0 Å². The number of imidazole rings is 1. The molecule has 1 atom stereocenters. The van der Waals surface area contributed by atoms with E-state index in [0.717, 1.165) is 30.5 Å². The summed E-state index contributed by atoms with van der Waals surface area (Å²) in [5, 5.41) is 4.07. The summed E-state index contributed by atoms with van der Waals surface area (Å²) in [6, 6.07) is 4.26. The zero-order valence-corrected chi connectivity index (χ0v) is 12.7. The first-order chi connectivity index (χ1) is 10.7. The van der Waals surface area contributed by atoms with Gasteiger partial charge in [0.05, 0.1) is 23.9 Å². The molecule has 6 heteroatoms. The molecule has 22 heavy (non-hydrogen) atoms. The first kappa shape index (κ1) is 13.5. The predicted molar refractivity (Wildman–Crippen MR) is 80.5 cm³/mol. The van der Waals surface area contributed by atoms with Crippen molar-refractivity contribution in [3.63, 3.8) is 0 Å². The molecule has 1 saturated heterocycles. The summed E-state index contributed by atoms with van der Waals surface area (Å²) in [5.41, 5.74) is 4.58. The Hall–Kier alpha value is -2.21. The lowest BCUT2D eigenvalue weighted by molar-refractivity contribution is 0.0835. The van der Waals surface area contributed by atoms with Gasteiger partial charge in [-0.1, -0.05) is 5.16 Å². The molecule has 0 spiro atoms. The highest BCUT2D eigenvalue weighted by Gasteiger charge is 2.24. The highest BCUT2D eigenvalue weighted by Crippen LogP contribution is 2.27. The topological polar surface area (TPSA) is 66.0 Å². The van der Waals surface area contributed by atoms with Crippen LogP contribution in [0, 0.1) is 13.8 Å². The second-order valence-corrected chi connectivity index (χ2v) is 5.85. The summed E-state index contributed by atoms with van der Waals surface area (Å²) in [6.07, 6.45) is 3.79. The number of nitrogens with zero attached hydrogens (tertiary/aromatic N) is 4. The van der Waals surface area contributed by atoms with Crippen LogP contribution in [0.4, 0.5) is 0 Å². The minimum atomic E-state index is -0.0364. The Labute approximate surface area is 128 Å². The van der Waals surface area contributed by atoms with Crippen LogP contribution in [-0.4, -0.2) is 26.3 Å². The normalized spacial score (nSPS) is 18.4. The summed E-state index contributed by atoms with van der Waals surface area (Å²) >= 11 is 0. The van der Waals surface area contributed by atoms with Gasteiger partial charge in [-0.3, -0.25) is 0 Å². The first-order valence-electron chi connectivity index (χ1n) is 7.57. The molecule has 1 aliphatic rings. The number of rotatable bonds is 3. The van der Waals surface area contributed by atoms with Crippen LogP contribution in [0.2, 0.25) is 0 Å². The van der Waals surface area contributed by atoms with Gasteiger partial charge in [0.25, 0.3) is 5.89 Å². The Morgan fingerprint density at radius 3 is 2.95 bits per heavy atom. The van der Waals surface area contributed by atoms with Gasteiger partial charge in [0, 0.05) is 6.61 Å². The third-order valence-corrected chi connectivity index (χ3v) is 4.24. The van der Waals surface area contributed by atoms with Crippen molar-refractivity contribution < 1.29 is 9.26 Å². The van der Waals surface area contributed by atoms with Crippen LogP contribution >= 0.6 is 0 Å². The Morgan fingerprint density at radius 2 is 2.14 bits per heavy atom. The molecule has 0 aliphatic carbocycles. The number of ether oxygens (including phenoxy) is 1. The third kappa shape index (κ3) is 2.29. The number of benzene rings is 1. The fraction of sp³-hybridized carbons (Fsp3) is 0.438. The minimum Gasteiger partial charge on any atom is -0.368 e. The standard InChI is InChI=1S/C16H18N4O2/c1-10-6-12-13(7-11(10)2)20(9-17-12)8-15-18-16(22-19-15)14-4-3-5-21-14/h6-7,9,14H,3-5,8H2,1-2H3. The first-order valence-corrected chi connectivity index (χ1v) is 7.57. The van der Waals surface area contributed by atoms with Crippen molar-refractivity contribution in [2.24, 2.45) is 0 Å². The van der Waals surface area contributed by atoms with E-state index < -0.39 is 0 Å². The molecule has 3 aromatic rings. The number of aromatic nitrogens is 4. The van der Waals surface area contributed by atoms with Crippen LogP contribution in [0.15, 0.2) is 23.0 Å². The van der Waals surface area contributed by atoms with E-state index in [1.165, 1.54) is 11.1 Å². The second-order valence-electron chi connectivity index (χ2n) is 5.85. The number of aryl methyl sites for hydroxylation is 2. The zero-order chi connectivity index (χ0) is 15.1. The monoisotopic (exact) mass is 298 g/mol. The van der Waals surface area contributed by atoms with Crippen molar-refractivity contribution in [1.29, 1.82) is 0 Å². The lowest BCUT2D eigenvalue weighted by atomic mass is 10.1. The van der Waals surface area contributed by atoms with E-state index in [1.54, 1.807) is 0 Å². The van der Waals surface area contributed by atoms with Gasteiger partial charge in [-0.15, -0.1) is 0 Å². The maximum Gasteiger partial charge on any atom is 0.255 e. The van der Waals surface area contributed by atoms with Crippen LogP contribution in [0.3, 0.4) is 0 Å². The summed E-state index contributed by atoms with van der Waals surface area (Å²) in [7, 11) is 0. The smallest absolute Gasteiger partial charge is 0.255 e. The van der Waals surface area contributed by atoms with E-state index in [2.05, 4.69) is 41.1 Å². The molecule has 0 bridgehead atoms. The van der Waals surface area contributed by atoms with Gasteiger partial charge < -0.3 is 13.8 Å². The molecule has 1 aromatic carbocycles. The minimum absolute atomic E-state index is 0.0364. The fourth-order valence-corrected chi connectivity index (χ4v) is 2.83. The molecule has 3 heterocycles. The van der Waals surface area contributed by atoms with Crippen LogP contribution in [0.5, 0.6) is 0 Å². The second kappa shape index (κ2) is 5.21. The lowest BCUT2D eigenvalue weighted by Crippen LogP contribution is -2.01. The molecular formula is C16H18N4O2. The number of hydrogen-bond acceptors (Lipinski definition) is 5. The van der Waals surface area contributed by atoms with Crippen molar-refractivity contribution in [3.05, 3.63) is 41.3 Å². The van der Waals surface area contributed by atoms with Gasteiger partial charge in [-0.2, -0.15) is 4.98 Å².